The van der Waals surface area contributed by atoms with E-state index in [1.54, 1.807) is 0 Å². The molecule has 1 aromatic heterocycles. The third kappa shape index (κ3) is 3.59. The van der Waals surface area contributed by atoms with Crippen molar-refractivity contribution in [2.45, 2.75) is 48.4 Å². The molecule has 1 saturated heterocycles. The number of aromatic nitrogens is 3. The van der Waals surface area contributed by atoms with Crippen molar-refractivity contribution in [3.63, 3.8) is 0 Å². The Labute approximate surface area is 152 Å². The van der Waals surface area contributed by atoms with Gasteiger partial charge in [-0.2, -0.15) is 0 Å². The zero-order chi connectivity index (χ0) is 17.2. The number of likely N-dealkylation sites (tertiary alicyclic amines) is 1. The summed E-state index contributed by atoms with van der Waals surface area (Å²) in [7, 11) is 2.02. The van der Waals surface area contributed by atoms with Crippen LogP contribution >= 0.6 is 11.8 Å². The van der Waals surface area contributed by atoms with E-state index in [2.05, 4.69) is 14.8 Å². The van der Waals surface area contributed by atoms with Crippen LogP contribution in [0.5, 0.6) is 0 Å². The van der Waals surface area contributed by atoms with Crippen LogP contribution in [0.15, 0.2) is 35.5 Å². The van der Waals surface area contributed by atoms with Gasteiger partial charge in [-0.25, -0.2) is 0 Å². The molecule has 6 heteroatoms. The number of hydrogen-bond donors (Lipinski definition) is 0. The van der Waals surface area contributed by atoms with Crippen LogP contribution in [-0.2, 0) is 11.8 Å². The predicted octanol–water partition coefficient (Wildman–Crippen LogP) is 3.54. The zero-order valence-corrected chi connectivity index (χ0v) is 15.4. The van der Waals surface area contributed by atoms with E-state index in [9.17, 15) is 4.79 Å². The topological polar surface area (TPSA) is 51.0 Å². The zero-order valence-electron chi connectivity index (χ0n) is 14.6. The quantitative estimate of drug-likeness (QED) is 0.769. The fourth-order valence-electron chi connectivity index (χ4n) is 3.40. The number of carbonyl (C=O) groups is 1. The minimum atomic E-state index is -0.255. The Balaban J connectivity index is 1.60. The van der Waals surface area contributed by atoms with Gasteiger partial charge < -0.3 is 9.47 Å². The second-order valence-corrected chi connectivity index (χ2v) is 8.04. The summed E-state index contributed by atoms with van der Waals surface area (Å²) in [5.74, 6) is 1.81. The molecule has 132 valence electrons. The molecule has 1 saturated carbocycles. The summed E-state index contributed by atoms with van der Waals surface area (Å²) in [6, 6.07) is 10.1. The van der Waals surface area contributed by atoms with E-state index in [4.69, 9.17) is 0 Å². The van der Waals surface area contributed by atoms with Gasteiger partial charge in [-0.1, -0.05) is 42.1 Å². The van der Waals surface area contributed by atoms with Gasteiger partial charge in [0, 0.05) is 26.1 Å². The third-order valence-electron chi connectivity index (χ3n) is 5.03. The summed E-state index contributed by atoms with van der Waals surface area (Å²) in [5.41, 5.74) is 1.04. The van der Waals surface area contributed by atoms with E-state index < -0.39 is 0 Å². The van der Waals surface area contributed by atoms with E-state index in [-0.39, 0.29) is 11.2 Å². The van der Waals surface area contributed by atoms with Crippen LogP contribution in [0, 0.1) is 0 Å². The molecule has 1 aliphatic heterocycles. The molecule has 0 radical (unpaired) electrons. The lowest BCUT2D eigenvalue weighted by atomic mass is 10.1. The van der Waals surface area contributed by atoms with Crippen molar-refractivity contribution < 1.29 is 4.79 Å². The standard InChI is InChI=1S/C19H24N4OS/c1-22-17(15-10-11-15)20-21-19(22)25-16(14-8-4-2-5-9-14)18(24)23-12-6-3-7-13-23/h2,4-5,8-9,15-16H,3,6-7,10-13H2,1H3/t16-/m0/s1. The molecule has 1 aromatic carbocycles. The molecule has 4 rings (SSSR count). The van der Waals surface area contributed by atoms with Gasteiger partial charge in [0.25, 0.3) is 0 Å². The average molecular weight is 356 g/mol. The Morgan fingerprint density at radius 2 is 1.84 bits per heavy atom. The van der Waals surface area contributed by atoms with Gasteiger partial charge in [-0.05, 0) is 37.7 Å². The lowest BCUT2D eigenvalue weighted by Crippen LogP contribution is -2.38. The number of carbonyl (C=O) groups excluding carboxylic acids is 1. The summed E-state index contributed by atoms with van der Waals surface area (Å²) in [6.45, 7) is 1.74. The first-order valence-corrected chi connectivity index (χ1v) is 10.0. The van der Waals surface area contributed by atoms with Crippen molar-refractivity contribution in [1.29, 1.82) is 0 Å². The average Bonchev–Trinajstić information content (AvgIpc) is 3.44. The minimum absolute atomic E-state index is 0.201. The lowest BCUT2D eigenvalue weighted by molar-refractivity contribution is -0.131. The first kappa shape index (κ1) is 16.6. The fourth-order valence-corrected chi connectivity index (χ4v) is 4.49. The highest BCUT2D eigenvalue weighted by Crippen LogP contribution is 2.41. The second kappa shape index (κ2) is 7.20. The van der Waals surface area contributed by atoms with Gasteiger partial charge in [0.15, 0.2) is 5.16 Å². The van der Waals surface area contributed by atoms with Crippen LogP contribution in [0.2, 0.25) is 0 Å². The fraction of sp³-hybridized carbons (Fsp3) is 0.526. The Morgan fingerprint density at radius 1 is 1.12 bits per heavy atom. The van der Waals surface area contributed by atoms with Crippen molar-refractivity contribution in [2.24, 2.45) is 7.05 Å². The second-order valence-electron chi connectivity index (χ2n) is 6.97. The molecule has 0 unspecified atom stereocenters. The van der Waals surface area contributed by atoms with E-state index in [0.29, 0.717) is 5.92 Å². The summed E-state index contributed by atoms with van der Waals surface area (Å²) >= 11 is 1.53. The molecule has 1 aliphatic carbocycles. The number of hydrogen-bond acceptors (Lipinski definition) is 4. The molecule has 1 atom stereocenters. The maximum Gasteiger partial charge on any atom is 0.240 e. The van der Waals surface area contributed by atoms with E-state index in [1.807, 2.05) is 42.3 Å². The van der Waals surface area contributed by atoms with Crippen LogP contribution in [0.1, 0.15) is 54.7 Å². The monoisotopic (exact) mass is 356 g/mol. The molecule has 1 amide bonds. The molecule has 2 aromatic rings. The lowest BCUT2D eigenvalue weighted by Gasteiger charge is -2.30. The molecular weight excluding hydrogens is 332 g/mol. The Hall–Kier alpha value is -1.82. The number of benzene rings is 1. The maximum atomic E-state index is 13.2. The first-order chi connectivity index (χ1) is 12.2. The smallest absolute Gasteiger partial charge is 0.240 e. The molecule has 0 spiro atoms. The van der Waals surface area contributed by atoms with Crippen LogP contribution in [0.4, 0.5) is 0 Å². The highest BCUT2D eigenvalue weighted by Gasteiger charge is 2.32. The van der Waals surface area contributed by atoms with Gasteiger partial charge >= 0.3 is 0 Å². The largest absolute Gasteiger partial charge is 0.341 e. The third-order valence-corrected chi connectivity index (χ3v) is 6.30. The molecule has 2 aliphatic rings. The molecule has 0 bridgehead atoms. The molecule has 0 N–H and O–H groups in total. The van der Waals surface area contributed by atoms with Crippen LogP contribution in [-0.4, -0.2) is 38.7 Å². The number of piperidine rings is 1. The van der Waals surface area contributed by atoms with E-state index >= 15 is 0 Å². The highest BCUT2D eigenvalue weighted by molar-refractivity contribution is 8.00. The van der Waals surface area contributed by atoms with E-state index in [1.165, 1.54) is 31.0 Å². The number of thioether (sulfide) groups is 1. The highest BCUT2D eigenvalue weighted by atomic mass is 32.2. The van der Waals surface area contributed by atoms with Crippen molar-refractivity contribution >= 4 is 17.7 Å². The van der Waals surface area contributed by atoms with Crippen LogP contribution in [0.3, 0.4) is 0 Å². The van der Waals surface area contributed by atoms with Crippen molar-refractivity contribution in [2.75, 3.05) is 13.1 Å². The first-order valence-electron chi connectivity index (χ1n) is 9.13. The van der Waals surface area contributed by atoms with Gasteiger partial charge in [0.2, 0.25) is 5.91 Å². The Kier molecular flexibility index (Phi) is 4.79. The van der Waals surface area contributed by atoms with Gasteiger partial charge in [-0.15, -0.1) is 10.2 Å². The molecular formula is C19H24N4OS. The van der Waals surface area contributed by atoms with E-state index in [0.717, 1.165) is 42.5 Å². The maximum absolute atomic E-state index is 13.2. The number of rotatable bonds is 5. The molecule has 5 nitrogen and oxygen atoms in total. The SMILES string of the molecule is Cn1c(S[C@H](C(=O)N2CCCCC2)c2ccccc2)nnc1C1CC1. The van der Waals surface area contributed by atoms with Crippen LogP contribution < -0.4 is 0 Å². The Bertz CT molecular complexity index is 735. The van der Waals surface area contributed by atoms with Crippen LogP contribution in [0.25, 0.3) is 0 Å². The summed E-state index contributed by atoms with van der Waals surface area (Å²) in [4.78, 5) is 15.2. The van der Waals surface area contributed by atoms with Crippen molar-refractivity contribution in [3.05, 3.63) is 41.7 Å². The van der Waals surface area contributed by atoms with Crippen molar-refractivity contribution in [3.8, 4) is 0 Å². The predicted molar refractivity (Wildman–Crippen MR) is 98.4 cm³/mol. The number of nitrogens with zero attached hydrogens (tertiary/aromatic N) is 4. The Morgan fingerprint density at radius 3 is 2.52 bits per heavy atom. The molecule has 2 fully saturated rings. The number of amides is 1. The van der Waals surface area contributed by atoms with Gasteiger partial charge in [0.1, 0.15) is 11.1 Å². The molecule has 2 heterocycles. The summed E-state index contributed by atoms with van der Waals surface area (Å²) in [5, 5.41) is 9.32. The normalized spacial score (nSPS) is 19.0. The molecule has 25 heavy (non-hydrogen) atoms. The van der Waals surface area contributed by atoms with Crippen molar-refractivity contribution in [1.82, 2.24) is 19.7 Å². The minimum Gasteiger partial charge on any atom is -0.341 e. The van der Waals surface area contributed by atoms with Gasteiger partial charge in [-0.3, -0.25) is 4.79 Å². The summed E-state index contributed by atoms with van der Waals surface area (Å²) in [6.07, 6.45) is 5.83. The summed E-state index contributed by atoms with van der Waals surface area (Å²) < 4.78 is 2.07. The van der Waals surface area contributed by atoms with Gasteiger partial charge in [0.05, 0.1) is 0 Å².